The molecule has 1 fully saturated rings. The summed E-state index contributed by atoms with van der Waals surface area (Å²) < 4.78 is 57.7. The second kappa shape index (κ2) is 7.63. The van der Waals surface area contributed by atoms with Crippen molar-refractivity contribution < 1.29 is 31.9 Å². The van der Waals surface area contributed by atoms with E-state index < -0.39 is 41.4 Å². The summed E-state index contributed by atoms with van der Waals surface area (Å²) in [5.41, 5.74) is 0. The molecule has 0 radical (unpaired) electrons. The van der Waals surface area contributed by atoms with Crippen LogP contribution in [0.1, 0.15) is 26.2 Å². The third-order valence-corrected chi connectivity index (χ3v) is 4.12. The summed E-state index contributed by atoms with van der Waals surface area (Å²) in [5.74, 6) is -9.00. The Morgan fingerprint density at radius 1 is 1.29 bits per heavy atom. The van der Waals surface area contributed by atoms with E-state index in [4.69, 9.17) is 0 Å². The number of halogens is 4. The van der Waals surface area contributed by atoms with E-state index in [9.17, 15) is 27.2 Å². The number of amides is 1. The minimum Gasteiger partial charge on any atom is -0.480 e. The van der Waals surface area contributed by atoms with E-state index in [0.29, 0.717) is 19.4 Å². The average molecular weight is 347 g/mol. The lowest BCUT2D eigenvalue weighted by molar-refractivity contribution is -0.126. The van der Waals surface area contributed by atoms with Gasteiger partial charge in [-0.15, -0.1) is 0 Å². The summed E-state index contributed by atoms with van der Waals surface area (Å²) >= 11 is 0. The van der Waals surface area contributed by atoms with Crippen LogP contribution in [-0.2, 0) is 9.59 Å². The van der Waals surface area contributed by atoms with Crippen molar-refractivity contribution >= 4 is 11.7 Å². The first-order chi connectivity index (χ1) is 11.3. The van der Waals surface area contributed by atoms with Gasteiger partial charge in [0, 0.05) is 24.9 Å². The highest BCUT2D eigenvalue weighted by Crippen LogP contribution is 2.28. The van der Waals surface area contributed by atoms with Gasteiger partial charge >= 0.3 is 0 Å². The minimum atomic E-state index is -1.69. The van der Waals surface area contributed by atoms with Gasteiger partial charge in [-0.2, -0.15) is 8.78 Å². The van der Waals surface area contributed by atoms with Gasteiger partial charge in [0.1, 0.15) is 6.61 Å². The fourth-order valence-electron chi connectivity index (χ4n) is 2.82. The number of hydrogen-bond donors (Lipinski definition) is 1. The van der Waals surface area contributed by atoms with Crippen LogP contribution in [0, 0.1) is 35.1 Å². The van der Waals surface area contributed by atoms with Crippen LogP contribution in [-0.4, -0.2) is 24.8 Å². The predicted octanol–water partition coefficient (Wildman–Crippen LogP) is 2.74. The molecule has 132 valence electrons. The molecular formula is C16H17F4NO3. The SMILES string of the molecule is CCC(CC(=O)COc1c(F)c(F)cc(F)c1F)[C@@H]1CCNC1=O. The summed E-state index contributed by atoms with van der Waals surface area (Å²) in [4.78, 5) is 23.6. The quantitative estimate of drug-likeness (QED) is 0.610. The van der Waals surface area contributed by atoms with Crippen molar-refractivity contribution in [2.24, 2.45) is 11.8 Å². The van der Waals surface area contributed by atoms with E-state index in [-0.39, 0.29) is 30.2 Å². The van der Waals surface area contributed by atoms with Gasteiger partial charge in [0.05, 0.1) is 0 Å². The van der Waals surface area contributed by atoms with Crippen molar-refractivity contribution in [3.8, 4) is 5.75 Å². The first-order valence-electron chi connectivity index (χ1n) is 7.60. The molecule has 0 aromatic heterocycles. The first-order valence-corrected chi connectivity index (χ1v) is 7.60. The lowest BCUT2D eigenvalue weighted by atomic mass is 9.85. The van der Waals surface area contributed by atoms with Gasteiger partial charge in [0.25, 0.3) is 0 Å². The molecule has 1 aromatic carbocycles. The summed E-state index contributed by atoms with van der Waals surface area (Å²) in [6.07, 6.45) is 1.17. The molecule has 1 amide bonds. The summed E-state index contributed by atoms with van der Waals surface area (Å²) in [6, 6.07) is 0.0607. The van der Waals surface area contributed by atoms with Gasteiger partial charge in [0.2, 0.25) is 17.5 Å². The van der Waals surface area contributed by atoms with Crippen LogP contribution in [0.4, 0.5) is 17.6 Å². The maximum absolute atomic E-state index is 13.4. The molecule has 2 atom stereocenters. The molecular weight excluding hydrogens is 330 g/mol. The van der Waals surface area contributed by atoms with Crippen LogP contribution in [0.15, 0.2) is 6.07 Å². The average Bonchev–Trinajstić information content (AvgIpc) is 2.96. The Labute approximate surface area is 136 Å². The van der Waals surface area contributed by atoms with Gasteiger partial charge in [0.15, 0.2) is 23.2 Å². The molecule has 4 nitrogen and oxygen atoms in total. The maximum Gasteiger partial charge on any atom is 0.223 e. The van der Waals surface area contributed by atoms with Gasteiger partial charge in [-0.3, -0.25) is 9.59 Å². The molecule has 1 N–H and O–H groups in total. The smallest absolute Gasteiger partial charge is 0.223 e. The Hall–Kier alpha value is -2.12. The molecule has 1 aliphatic rings. The molecule has 1 saturated heterocycles. The van der Waals surface area contributed by atoms with Crippen molar-refractivity contribution in [2.75, 3.05) is 13.2 Å². The van der Waals surface area contributed by atoms with Gasteiger partial charge in [-0.05, 0) is 12.3 Å². The van der Waals surface area contributed by atoms with E-state index in [0.717, 1.165) is 0 Å². The lowest BCUT2D eigenvalue weighted by Crippen LogP contribution is -2.27. The molecule has 1 unspecified atom stereocenters. The molecule has 0 saturated carbocycles. The minimum absolute atomic E-state index is 0.0182. The Bertz CT molecular complexity index is 624. The van der Waals surface area contributed by atoms with E-state index in [2.05, 4.69) is 10.1 Å². The van der Waals surface area contributed by atoms with Crippen molar-refractivity contribution in [3.63, 3.8) is 0 Å². The fraction of sp³-hybridized carbons (Fsp3) is 0.500. The monoisotopic (exact) mass is 347 g/mol. The van der Waals surface area contributed by atoms with Crippen LogP contribution >= 0.6 is 0 Å². The van der Waals surface area contributed by atoms with Crippen molar-refractivity contribution in [3.05, 3.63) is 29.3 Å². The first kappa shape index (κ1) is 18.2. The number of Topliss-reactive ketones (excluding diaryl/α,β-unsaturated/α-hetero) is 1. The Kier molecular flexibility index (Phi) is 5.80. The highest BCUT2D eigenvalue weighted by molar-refractivity contribution is 5.84. The van der Waals surface area contributed by atoms with E-state index in [1.54, 1.807) is 0 Å². The second-order valence-electron chi connectivity index (χ2n) is 5.68. The number of rotatable bonds is 7. The summed E-state index contributed by atoms with van der Waals surface area (Å²) in [7, 11) is 0. The molecule has 1 heterocycles. The third-order valence-electron chi connectivity index (χ3n) is 4.12. The number of hydrogen-bond acceptors (Lipinski definition) is 3. The zero-order valence-corrected chi connectivity index (χ0v) is 13.0. The largest absolute Gasteiger partial charge is 0.480 e. The van der Waals surface area contributed by atoms with Crippen molar-refractivity contribution in [2.45, 2.75) is 26.2 Å². The Balaban J connectivity index is 1.99. The molecule has 0 spiro atoms. The molecule has 1 aliphatic heterocycles. The number of ether oxygens (including phenoxy) is 1. The maximum atomic E-state index is 13.4. The third kappa shape index (κ3) is 3.85. The Morgan fingerprint density at radius 3 is 2.42 bits per heavy atom. The van der Waals surface area contributed by atoms with Crippen molar-refractivity contribution in [1.29, 1.82) is 0 Å². The topological polar surface area (TPSA) is 55.4 Å². The molecule has 0 aliphatic carbocycles. The molecule has 1 aromatic rings. The van der Waals surface area contributed by atoms with Crippen molar-refractivity contribution in [1.82, 2.24) is 5.32 Å². The lowest BCUT2D eigenvalue weighted by Gasteiger charge is -2.19. The predicted molar refractivity (Wildman–Crippen MR) is 76.3 cm³/mol. The number of carbonyl (C=O) groups is 2. The highest BCUT2D eigenvalue weighted by atomic mass is 19.2. The number of carbonyl (C=O) groups excluding carboxylic acids is 2. The molecule has 0 bridgehead atoms. The number of ketones is 1. The molecule has 2 rings (SSSR count). The van der Waals surface area contributed by atoms with Crippen LogP contribution < -0.4 is 10.1 Å². The molecule has 24 heavy (non-hydrogen) atoms. The van der Waals surface area contributed by atoms with Crippen LogP contribution in [0.2, 0.25) is 0 Å². The van der Waals surface area contributed by atoms with E-state index in [1.165, 1.54) is 0 Å². The number of benzene rings is 1. The Morgan fingerprint density at radius 2 is 1.92 bits per heavy atom. The highest BCUT2D eigenvalue weighted by Gasteiger charge is 2.32. The standard InChI is InChI=1S/C16H17F4NO3/c1-2-8(10-3-4-21-16(10)23)5-9(22)7-24-15-13(19)11(17)6-12(18)14(15)20/h6,8,10H,2-5,7H2,1H3,(H,21,23)/t8?,10-/m0/s1. The number of nitrogens with one attached hydrogen (secondary N) is 1. The molecule has 8 heteroatoms. The van der Waals surface area contributed by atoms with Gasteiger partial charge in [-0.1, -0.05) is 13.3 Å². The van der Waals surface area contributed by atoms with E-state index in [1.807, 2.05) is 6.92 Å². The second-order valence-corrected chi connectivity index (χ2v) is 5.68. The fourth-order valence-corrected chi connectivity index (χ4v) is 2.82. The van der Waals surface area contributed by atoms with Crippen LogP contribution in [0.5, 0.6) is 5.75 Å². The van der Waals surface area contributed by atoms with Gasteiger partial charge in [-0.25, -0.2) is 8.78 Å². The van der Waals surface area contributed by atoms with E-state index >= 15 is 0 Å². The van der Waals surface area contributed by atoms with Crippen LogP contribution in [0.3, 0.4) is 0 Å². The van der Waals surface area contributed by atoms with Gasteiger partial charge < -0.3 is 10.1 Å². The summed E-state index contributed by atoms with van der Waals surface area (Å²) in [5, 5.41) is 2.68. The zero-order valence-electron chi connectivity index (χ0n) is 13.0. The summed E-state index contributed by atoms with van der Waals surface area (Å²) in [6.45, 7) is 1.64. The van der Waals surface area contributed by atoms with Crippen LogP contribution in [0.25, 0.3) is 0 Å². The zero-order chi connectivity index (χ0) is 17.9. The normalized spacial score (nSPS) is 18.4.